The van der Waals surface area contributed by atoms with E-state index in [0.717, 1.165) is 32.2 Å². The molecule has 1 N–H and O–H groups in total. The molecule has 1 aliphatic heterocycles. The van der Waals surface area contributed by atoms with Crippen molar-refractivity contribution < 1.29 is 14.3 Å². The van der Waals surface area contributed by atoms with Crippen molar-refractivity contribution in [2.24, 2.45) is 11.8 Å². The van der Waals surface area contributed by atoms with Gasteiger partial charge in [-0.2, -0.15) is 0 Å². The van der Waals surface area contributed by atoms with Gasteiger partial charge in [0.05, 0.1) is 10.6 Å². The van der Waals surface area contributed by atoms with Gasteiger partial charge in [0.2, 0.25) is 0 Å². The number of β-amino-alcohol motifs (C(OH)–C–C–N with tert-alkyl or cyclic N) is 1. The van der Waals surface area contributed by atoms with Crippen molar-refractivity contribution in [1.29, 1.82) is 0 Å². The lowest BCUT2D eigenvalue weighted by Crippen LogP contribution is -2.65. The normalized spacial score (nSPS) is 23.8. The van der Waals surface area contributed by atoms with Gasteiger partial charge in [0.25, 0.3) is 5.91 Å². The van der Waals surface area contributed by atoms with Gasteiger partial charge >= 0.3 is 0 Å². The first-order valence-electron chi connectivity index (χ1n) is 9.04. The summed E-state index contributed by atoms with van der Waals surface area (Å²) in [5, 5.41) is 10.5. The van der Waals surface area contributed by atoms with Crippen molar-refractivity contribution >= 4 is 17.5 Å². The first kappa shape index (κ1) is 17.3. The number of amides is 1. The van der Waals surface area contributed by atoms with Crippen LogP contribution in [0.25, 0.3) is 0 Å². The molecule has 1 saturated heterocycles. The molecule has 1 aromatic rings. The van der Waals surface area contributed by atoms with Gasteiger partial charge < -0.3 is 10.0 Å². The van der Waals surface area contributed by atoms with E-state index in [2.05, 4.69) is 4.90 Å². The van der Waals surface area contributed by atoms with E-state index in [1.807, 2.05) is 7.05 Å². The van der Waals surface area contributed by atoms with Crippen LogP contribution in [-0.4, -0.2) is 59.1 Å². The molecular weight excluding hydrogens is 343 g/mol. The van der Waals surface area contributed by atoms with E-state index >= 15 is 0 Å². The number of nitrogens with zero attached hydrogens (tertiary/aromatic N) is 2. The van der Waals surface area contributed by atoms with E-state index in [9.17, 15) is 14.3 Å². The van der Waals surface area contributed by atoms with Gasteiger partial charge in [-0.15, -0.1) is 0 Å². The van der Waals surface area contributed by atoms with Crippen LogP contribution >= 0.6 is 11.6 Å². The van der Waals surface area contributed by atoms with Gasteiger partial charge in [0.15, 0.2) is 0 Å². The Labute approximate surface area is 152 Å². The summed E-state index contributed by atoms with van der Waals surface area (Å²) >= 11 is 5.82. The molecule has 25 heavy (non-hydrogen) atoms. The van der Waals surface area contributed by atoms with E-state index in [1.54, 1.807) is 4.90 Å². The molecule has 2 saturated carbocycles. The maximum Gasteiger partial charge on any atom is 0.253 e. The molecule has 1 heterocycles. The van der Waals surface area contributed by atoms with Gasteiger partial charge in [-0.05, 0) is 55.7 Å². The molecule has 136 valence electrons. The molecule has 0 radical (unpaired) electrons. The number of benzene rings is 1. The smallest absolute Gasteiger partial charge is 0.253 e. The molecular formula is C19H24ClFN2O2. The summed E-state index contributed by atoms with van der Waals surface area (Å²) in [6, 6.07) is 4.25. The van der Waals surface area contributed by atoms with Crippen LogP contribution in [0.3, 0.4) is 0 Å². The Hall–Kier alpha value is -1.17. The Bertz CT molecular complexity index is 684. The molecule has 4 nitrogen and oxygen atoms in total. The largest absolute Gasteiger partial charge is 0.387 e. The first-order valence-corrected chi connectivity index (χ1v) is 9.42. The maximum absolute atomic E-state index is 13.3. The van der Waals surface area contributed by atoms with Crippen LogP contribution in [0.4, 0.5) is 4.39 Å². The van der Waals surface area contributed by atoms with Crippen molar-refractivity contribution in [3.63, 3.8) is 0 Å². The number of hydrogen-bond donors (Lipinski definition) is 1. The minimum Gasteiger partial charge on any atom is -0.387 e. The Morgan fingerprint density at radius 2 is 2.08 bits per heavy atom. The van der Waals surface area contributed by atoms with Crippen LogP contribution in [0.5, 0.6) is 0 Å². The van der Waals surface area contributed by atoms with Crippen molar-refractivity contribution in [2.75, 3.05) is 26.7 Å². The molecule has 0 unspecified atom stereocenters. The van der Waals surface area contributed by atoms with Crippen LogP contribution in [0.1, 0.15) is 36.0 Å². The van der Waals surface area contributed by atoms with Gasteiger partial charge in [0.1, 0.15) is 5.82 Å². The summed E-state index contributed by atoms with van der Waals surface area (Å²) in [6.45, 7) is 2.22. The Kier molecular flexibility index (Phi) is 4.29. The van der Waals surface area contributed by atoms with E-state index in [0.29, 0.717) is 30.5 Å². The average Bonchev–Trinajstić information content (AvgIpc) is 3.43. The predicted octanol–water partition coefficient (Wildman–Crippen LogP) is 2.79. The summed E-state index contributed by atoms with van der Waals surface area (Å²) in [4.78, 5) is 16.8. The lowest BCUT2D eigenvalue weighted by Gasteiger charge is -2.49. The highest BCUT2D eigenvalue weighted by atomic mass is 35.5. The zero-order valence-electron chi connectivity index (χ0n) is 14.4. The zero-order chi connectivity index (χ0) is 17.8. The lowest BCUT2D eigenvalue weighted by atomic mass is 9.88. The Morgan fingerprint density at radius 1 is 1.40 bits per heavy atom. The molecule has 0 bridgehead atoms. The molecule has 6 heteroatoms. The molecule has 0 aromatic heterocycles. The van der Waals surface area contributed by atoms with E-state index < -0.39 is 11.4 Å². The highest BCUT2D eigenvalue weighted by Gasteiger charge is 2.52. The number of halogens is 2. The van der Waals surface area contributed by atoms with Crippen LogP contribution in [0.2, 0.25) is 5.02 Å². The maximum atomic E-state index is 13.3. The topological polar surface area (TPSA) is 43.8 Å². The number of rotatable bonds is 6. The number of likely N-dealkylation sites (tertiary alicyclic amines) is 1. The molecule has 1 amide bonds. The summed E-state index contributed by atoms with van der Waals surface area (Å²) < 4.78 is 13.3. The van der Waals surface area contributed by atoms with Gasteiger partial charge in [-0.3, -0.25) is 9.69 Å². The van der Waals surface area contributed by atoms with E-state index in [-0.39, 0.29) is 17.0 Å². The third-order valence-electron chi connectivity index (χ3n) is 5.93. The minimum absolute atomic E-state index is 0.0283. The van der Waals surface area contributed by atoms with Crippen LogP contribution < -0.4 is 0 Å². The second kappa shape index (κ2) is 6.22. The quantitative estimate of drug-likeness (QED) is 0.842. The highest BCUT2D eigenvalue weighted by Crippen LogP contribution is 2.45. The average molecular weight is 367 g/mol. The second-order valence-electron chi connectivity index (χ2n) is 8.00. The fraction of sp³-hybridized carbons (Fsp3) is 0.632. The van der Waals surface area contributed by atoms with Crippen molar-refractivity contribution in [2.45, 2.75) is 37.3 Å². The number of carbonyl (C=O) groups is 1. The van der Waals surface area contributed by atoms with Gasteiger partial charge in [0, 0.05) is 38.3 Å². The van der Waals surface area contributed by atoms with Crippen LogP contribution in [-0.2, 0) is 0 Å². The number of likely N-dealkylation sites (N-methyl/N-ethyl adjacent to an activating group) is 1. The summed E-state index contributed by atoms with van der Waals surface area (Å²) in [7, 11) is 1.81. The van der Waals surface area contributed by atoms with Crippen molar-refractivity contribution in [3.05, 3.63) is 34.6 Å². The number of aliphatic hydroxyl groups is 1. The predicted molar refractivity (Wildman–Crippen MR) is 94.1 cm³/mol. The van der Waals surface area contributed by atoms with Gasteiger partial charge in [-0.25, -0.2) is 4.39 Å². The Morgan fingerprint density at radius 3 is 2.64 bits per heavy atom. The molecule has 1 aromatic carbocycles. The summed E-state index contributed by atoms with van der Waals surface area (Å²) in [6.07, 6.45) is 4.54. The third-order valence-corrected chi connectivity index (χ3v) is 6.22. The van der Waals surface area contributed by atoms with Gasteiger partial charge in [-0.1, -0.05) is 11.6 Å². The molecule has 1 atom stereocenters. The second-order valence-corrected chi connectivity index (χ2v) is 8.40. The summed E-state index contributed by atoms with van der Waals surface area (Å²) in [5.41, 5.74) is -0.0844. The fourth-order valence-electron chi connectivity index (χ4n) is 4.05. The molecule has 4 rings (SSSR count). The number of carbonyl (C=O) groups excluding carboxylic acids is 1. The highest BCUT2D eigenvalue weighted by molar-refractivity contribution is 6.31. The number of hydrogen-bond acceptors (Lipinski definition) is 3. The standard InChI is InChI=1S/C19H24ClFN2O2/c1-22(18(24)13-4-7-16(21)15(20)8-13)17(12-2-3-12)9-23-10-19(25,11-23)14-5-6-14/h4,7-8,12,14,17,25H,2-3,5-6,9-11H2,1H3/t17-/m1/s1. The molecule has 0 spiro atoms. The van der Waals surface area contributed by atoms with Crippen molar-refractivity contribution in [1.82, 2.24) is 9.80 Å². The SMILES string of the molecule is CN(C(=O)c1ccc(F)c(Cl)c1)[C@H](CN1CC(O)(C2CC2)C1)C1CC1. The van der Waals surface area contributed by atoms with Crippen LogP contribution in [0.15, 0.2) is 18.2 Å². The third kappa shape index (κ3) is 3.42. The summed E-state index contributed by atoms with van der Waals surface area (Å²) in [5.74, 6) is 0.347. The molecule has 2 aliphatic carbocycles. The first-order chi connectivity index (χ1) is 11.9. The molecule has 3 fully saturated rings. The minimum atomic E-state index is -0.514. The monoisotopic (exact) mass is 366 g/mol. The Balaban J connectivity index is 1.41. The molecule has 3 aliphatic rings. The zero-order valence-corrected chi connectivity index (χ0v) is 15.2. The fourth-order valence-corrected chi connectivity index (χ4v) is 4.23. The lowest BCUT2D eigenvalue weighted by molar-refractivity contribution is -0.118. The van der Waals surface area contributed by atoms with E-state index in [1.165, 1.54) is 18.2 Å². The van der Waals surface area contributed by atoms with Crippen molar-refractivity contribution in [3.8, 4) is 0 Å². The van der Waals surface area contributed by atoms with E-state index in [4.69, 9.17) is 11.6 Å². The van der Waals surface area contributed by atoms with Crippen LogP contribution in [0, 0.1) is 17.7 Å².